The van der Waals surface area contributed by atoms with Crippen molar-refractivity contribution in [1.82, 2.24) is 9.38 Å². The highest BCUT2D eigenvalue weighted by molar-refractivity contribution is 6.33. The van der Waals surface area contributed by atoms with E-state index in [1.54, 1.807) is 0 Å². The molecule has 0 radical (unpaired) electrons. The minimum absolute atomic E-state index is 0.154. The quantitative estimate of drug-likeness (QED) is 0.879. The molecule has 0 aliphatic carbocycles. The van der Waals surface area contributed by atoms with Crippen LogP contribution in [0.15, 0.2) is 12.3 Å². The molecule has 0 fully saturated rings. The second-order valence-corrected chi connectivity index (χ2v) is 4.36. The fourth-order valence-electron chi connectivity index (χ4n) is 1.76. The Balaban J connectivity index is 2.82. The third-order valence-corrected chi connectivity index (χ3v) is 2.75. The smallest absolute Gasteiger partial charge is 0.156 e. The molecule has 0 atom stereocenters. The zero-order chi connectivity index (χ0) is 11.9. The number of fused-ring (bicyclic) bond motifs is 1. The molecule has 0 spiro atoms. The Hall–Kier alpha value is -1.13. The van der Waals surface area contributed by atoms with Gasteiger partial charge in [-0.2, -0.15) is 0 Å². The van der Waals surface area contributed by atoms with Crippen molar-refractivity contribution >= 4 is 17.2 Å². The molecule has 0 saturated heterocycles. The lowest BCUT2D eigenvalue weighted by atomic mass is 10.1. The van der Waals surface area contributed by atoms with E-state index in [1.165, 1.54) is 16.7 Å². The van der Waals surface area contributed by atoms with Crippen molar-refractivity contribution in [2.45, 2.75) is 26.4 Å². The Kier molecular flexibility index (Phi) is 2.86. The molecule has 0 aliphatic heterocycles. The van der Waals surface area contributed by atoms with E-state index in [0.29, 0.717) is 11.3 Å². The maximum atomic E-state index is 13.2. The van der Waals surface area contributed by atoms with E-state index in [4.69, 9.17) is 11.6 Å². The summed E-state index contributed by atoms with van der Waals surface area (Å²) in [5.74, 6) is -0.291. The van der Waals surface area contributed by atoms with Crippen LogP contribution in [0.2, 0.25) is 5.02 Å². The standard InChI is InChI=1S/C11H12ClFN2O/c1-6(2)10-9(5-16)15-4-7(13)3-8(12)11(15)14-10/h3-4,6,16H,5H2,1-2H3. The summed E-state index contributed by atoms with van der Waals surface area (Å²) >= 11 is 5.90. The van der Waals surface area contributed by atoms with Gasteiger partial charge in [0.15, 0.2) is 5.65 Å². The number of nitrogens with zero attached hydrogens (tertiary/aromatic N) is 2. The van der Waals surface area contributed by atoms with E-state index in [1.807, 2.05) is 13.8 Å². The summed E-state index contributed by atoms with van der Waals surface area (Å²) in [5, 5.41) is 9.56. The minimum atomic E-state index is -0.445. The molecular formula is C11H12ClFN2O. The highest BCUT2D eigenvalue weighted by Gasteiger charge is 2.16. The fraction of sp³-hybridized carbons (Fsp3) is 0.364. The van der Waals surface area contributed by atoms with Gasteiger partial charge in [-0.25, -0.2) is 9.37 Å². The van der Waals surface area contributed by atoms with Crippen molar-refractivity contribution < 1.29 is 9.50 Å². The molecule has 86 valence electrons. The van der Waals surface area contributed by atoms with Crippen molar-refractivity contribution in [3.8, 4) is 0 Å². The number of halogens is 2. The van der Waals surface area contributed by atoms with Crippen molar-refractivity contribution in [2.24, 2.45) is 0 Å². The minimum Gasteiger partial charge on any atom is -0.390 e. The van der Waals surface area contributed by atoms with Crippen LogP contribution < -0.4 is 0 Å². The predicted octanol–water partition coefficient (Wildman–Crippen LogP) is 2.74. The summed E-state index contributed by atoms with van der Waals surface area (Å²) in [6.07, 6.45) is 1.28. The number of aliphatic hydroxyl groups excluding tert-OH is 1. The first-order chi connectivity index (χ1) is 7.54. The van der Waals surface area contributed by atoms with Gasteiger partial charge in [-0.1, -0.05) is 25.4 Å². The first-order valence-electron chi connectivity index (χ1n) is 5.01. The molecule has 0 aliphatic rings. The zero-order valence-electron chi connectivity index (χ0n) is 9.04. The molecule has 0 bridgehead atoms. The lowest BCUT2D eigenvalue weighted by Crippen LogP contribution is -1.98. The van der Waals surface area contributed by atoms with Gasteiger partial charge in [-0.15, -0.1) is 0 Å². The second kappa shape index (κ2) is 4.03. The largest absolute Gasteiger partial charge is 0.390 e. The van der Waals surface area contributed by atoms with Gasteiger partial charge in [-0.05, 0) is 12.0 Å². The van der Waals surface area contributed by atoms with Crippen molar-refractivity contribution in [3.05, 3.63) is 34.5 Å². The molecule has 2 heterocycles. The van der Waals surface area contributed by atoms with Crippen molar-refractivity contribution in [3.63, 3.8) is 0 Å². The Morgan fingerprint density at radius 1 is 1.56 bits per heavy atom. The van der Waals surface area contributed by atoms with E-state index in [0.717, 1.165) is 5.69 Å². The van der Waals surface area contributed by atoms with Crippen LogP contribution in [0.3, 0.4) is 0 Å². The highest BCUT2D eigenvalue weighted by atomic mass is 35.5. The van der Waals surface area contributed by atoms with Crippen LogP contribution in [0, 0.1) is 5.82 Å². The van der Waals surface area contributed by atoms with Crippen LogP contribution in [0.25, 0.3) is 5.65 Å². The predicted molar refractivity (Wildman–Crippen MR) is 60.2 cm³/mol. The first kappa shape index (κ1) is 11.4. The Labute approximate surface area is 97.5 Å². The lowest BCUT2D eigenvalue weighted by Gasteiger charge is -2.03. The van der Waals surface area contributed by atoms with Crippen molar-refractivity contribution in [1.29, 1.82) is 0 Å². The summed E-state index contributed by atoms with van der Waals surface area (Å²) in [7, 11) is 0. The van der Waals surface area contributed by atoms with Crippen LogP contribution >= 0.6 is 11.6 Å². The maximum Gasteiger partial charge on any atom is 0.156 e. The van der Waals surface area contributed by atoms with Gasteiger partial charge in [-0.3, -0.25) is 4.40 Å². The van der Waals surface area contributed by atoms with Crippen molar-refractivity contribution in [2.75, 3.05) is 0 Å². The average molecular weight is 243 g/mol. The number of aromatic nitrogens is 2. The fourth-order valence-corrected chi connectivity index (χ4v) is 1.99. The number of rotatable bonds is 2. The van der Waals surface area contributed by atoms with Gasteiger partial charge in [0.1, 0.15) is 5.82 Å². The third kappa shape index (κ3) is 1.68. The lowest BCUT2D eigenvalue weighted by molar-refractivity contribution is 0.273. The molecule has 3 nitrogen and oxygen atoms in total. The van der Waals surface area contributed by atoms with Crippen LogP contribution in [-0.4, -0.2) is 14.5 Å². The van der Waals surface area contributed by atoms with E-state index in [-0.39, 0.29) is 17.5 Å². The molecule has 1 N–H and O–H groups in total. The molecular weight excluding hydrogens is 231 g/mol. The monoisotopic (exact) mass is 242 g/mol. The van der Waals surface area contributed by atoms with Crippen LogP contribution in [0.5, 0.6) is 0 Å². The topological polar surface area (TPSA) is 37.5 Å². The Morgan fingerprint density at radius 2 is 2.25 bits per heavy atom. The summed E-state index contributed by atoms with van der Waals surface area (Å²) in [4.78, 5) is 4.33. The highest BCUT2D eigenvalue weighted by Crippen LogP contribution is 2.25. The average Bonchev–Trinajstić information content (AvgIpc) is 2.56. The molecule has 0 saturated carbocycles. The molecule has 2 rings (SSSR count). The summed E-state index contributed by atoms with van der Waals surface area (Å²) in [5.41, 5.74) is 1.82. The van der Waals surface area contributed by atoms with Gasteiger partial charge >= 0.3 is 0 Å². The van der Waals surface area contributed by atoms with Gasteiger partial charge in [0, 0.05) is 6.20 Å². The SMILES string of the molecule is CC(C)c1nc2c(Cl)cc(F)cn2c1CO. The summed E-state index contributed by atoms with van der Waals surface area (Å²) in [6, 6.07) is 1.22. The van der Waals surface area contributed by atoms with Gasteiger partial charge in [0.25, 0.3) is 0 Å². The zero-order valence-corrected chi connectivity index (χ0v) is 9.79. The molecule has 0 amide bonds. The van der Waals surface area contributed by atoms with Gasteiger partial charge < -0.3 is 5.11 Å². The second-order valence-electron chi connectivity index (χ2n) is 3.96. The Bertz CT molecular complexity index is 536. The van der Waals surface area contributed by atoms with Crippen LogP contribution in [0.1, 0.15) is 31.2 Å². The van der Waals surface area contributed by atoms with Gasteiger partial charge in [0.05, 0.1) is 23.0 Å². The summed E-state index contributed by atoms with van der Waals surface area (Å²) < 4.78 is 14.7. The van der Waals surface area contributed by atoms with Crippen LogP contribution in [0.4, 0.5) is 4.39 Å². The number of imidazole rings is 1. The maximum absolute atomic E-state index is 13.2. The number of hydrogen-bond donors (Lipinski definition) is 1. The molecule has 16 heavy (non-hydrogen) atoms. The summed E-state index contributed by atoms with van der Waals surface area (Å²) in [6.45, 7) is 3.74. The normalized spacial score (nSPS) is 11.6. The van der Waals surface area contributed by atoms with Crippen LogP contribution in [-0.2, 0) is 6.61 Å². The molecule has 5 heteroatoms. The van der Waals surface area contributed by atoms with Gasteiger partial charge in [0.2, 0.25) is 0 Å². The number of aliphatic hydroxyl groups is 1. The molecule has 2 aromatic rings. The van der Waals surface area contributed by atoms with E-state index < -0.39 is 5.82 Å². The molecule has 0 aromatic carbocycles. The Morgan fingerprint density at radius 3 is 2.81 bits per heavy atom. The van der Waals surface area contributed by atoms with E-state index >= 15 is 0 Å². The third-order valence-electron chi connectivity index (χ3n) is 2.47. The molecule has 0 unspecified atom stereocenters. The van der Waals surface area contributed by atoms with E-state index in [9.17, 15) is 9.50 Å². The number of pyridine rings is 1. The number of hydrogen-bond acceptors (Lipinski definition) is 2. The first-order valence-corrected chi connectivity index (χ1v) is 5.39. The van der Waals surface area contributed by atoms with E-state index in [2.05, 4.69) is 4.98 Å². The molecule has 2 aromatic heterocycles.